The van der Waals surface area contributed by atoms with Crippen LogP contribution >= 0.6 is 0 Å². The molecule has 8 nitrogen and oxygen atoms in total. The Morgan fingerprint density at radius 3 is 2.72 bits per heavy atom. The molecule has 25 heavy (non-hydrogen) atoms. The van der Waals surface area contributed by atoms with Crippen molar-refractivity contribution in [2.45, 2.75) is 5.92 Å². The summed E-state index contributed by atoms with van der Waals surface area (Å²) >= 11 is 0. The quantitative estimate of drug-likeness (QED) is 0.826. The Labute approximate surface area is 141 Å². The minimum absolute atomic E-state index is 0.0201. The summed E-state index contributed by atoms with van der Waals surface area (Å²) in [6, 6.07) is 4.68. The molecule has 1 saturated heterocycles. The number of carbonyl (C=O) groups excluding carboxylic acids is 1. The molecule has 10 heteroatoms. The molecule has 1 aliphatic rings. The molecule has 2 aromatic rings. The molecule has 0 unspecified atom stereocenters. The highest BCUT2D eigenvalue weighted by molar-refractivity contribution is 6.19. The van der Waals surface area contributed by atoms with Gasteiger partial charge in [-0.2, -0.15) is 0 Å². The summed E-state index contributed by atoms with van der Waals surface area (Å²) in [5, 5.41) is 6.77. The SMILES string of the molecule is C=C(C(=O)Nc1ccncn1)n1nc(N2CC(F)(F)C2)cc/c1=N/C. The lowest BCUT2D eigenvalue weighted by Gasteiger charge is -2.39. The first kappa shape index (κ1) is 16.7. The van der Waals surface area contributed by atoms with E-state index in [-0.39, 0.29) is 5.70 Å². The van der Waals surface area contributed by atoms with Crippen LogP contribution in [0.5, 0.6) is 0 Å². The van der Waals surface area contributed by atoms with Gasteiger partial charge in [-0.15, -0.1) is 5.10 Å². The summed E-state index contributed by atoms with van der Waals surface area (Å²) in [5.41, 5.74) is 0.340. The Morgan fingerprint density at radius 2 is 2.12 bits per heavy atom. The van der Waals surface area contributed by atoms with Crippen LogP contribution in [-0.4, -0.2) is 51.7 Å². The van der Waals surface area contributed by atoms with Crippen molar-refractivity contribution in [2.75, 3.05) is 30.4 Å². The predicted octanol–water partition coefficient (Wildman–Crippen LogP) is 0.768. The van der Waals surface area contributed by atoms with Crippen molar-refractivity contribution >= 4 is 23.2 Å². The Morgan fingerprint density at radius 1 is 1.36 bits per heavy atom. The molecule has 2 aromatic heterocycles. The summed E-state index contributed by atoms with van der Waals surface area (Å²) in [4.78, 5) is 25.4. The van der Waals surface area contributed by atoms with E-state index in [1.54, 1.807) is 12.1 Å². The van der Waals surface area contributed by atoms with E-state index in [0.29, 0.717) is 17.1 Å². The number of nitrogens with one attached hydrogen (secondary N) is 1. The first-order valence-corrected chi connectivity index (χ1v) is 7.32. The number of alkyl halides is 2. The second-order valence-electron chi connectivity index (χ2n) is 5.39. The van der Waals surface area contributed by atoms with Crippen LogP contribution < -0.4 is 15.7 Å². The number of carbonyl (C=O) groups is 1. The Hall–Kier alpha value is -3.17. The van der Waals surface area contributed by atoms with Crippen molar-refractivity contribution in [3.63, 3.8) is 0 Å². The first-order valence-electron chi connectivity index (χ1n) is 7.32. The number of hydrogen-bond acceptors (Lipinski definition) is 6. The number of amides is 1. The fourth-order valence-corrected chi connectivity index (χ4v) is 2.27. The molecule has 1 amide bonds. The van der Waals surface area contributed by atoms with E-state index in [2.05, 4.69) is 32.0 Å². The highest BCUT2D eigenvalue weighted by atomic mass is 19.3. The zero-order valence-corrected chi connectivity index (χ0v) is 13.4. The summed E-state index contributed by atoms with van der Waals surface area (Å²) in [7, 11) is 1.53. The number of anilines is 2. The molecule has 3 heterocycles. The molecule has 0 aromatic carbocycles. The second-order valence-corrected chi connectivity index (χ2v) is 5.39. The summed E-state index contributed by atoms with van der Waals surface area (Å²) in [6.07, 6.45) is 2.77. The largest absolute Gasteiger partial charge is 0.343 e. The van der Waals surface area contributed by atoms with Gasteiger partial charge in [-0.05, 0) is 18.2 Å². The molecule has 0 spiro atoms. The van der Waals surface area contributed by atoms with Crippen molar-refractivity contribution in [3.05, 3.63) is 42.8 Å². The first-order chi connectivity index (χ1) is 11.9. The van der Waals surface area contributed by atoms with Crippen LogP contribution in [0.3, 0.4) is 0 Å². The van der Waals surface area contributed by atoms with E-state index < -0.39 is 24.9 Å². The normalized spacial score (nSPS) is 16.3. The highest BCUT2D eigenvalue weighted by Gasteiger charge is 2.44. The van der Waals surface area contributed by atoms with Gasteiger partial charge in [-0.3, -0.25) is 9.79 Å². The third-order valence-corrected chi connectivity index (χ3v) is 3.54. The van der Waals surface area contributed by atoms with Gasteiger partial charge in [0, 0.05) is 13.2 Å². The zero-order valence-electron chi connectivity index (χ0n) is 13.4. The maximum atomic E-state index is 13.1. The van der Waals surface area contributed by atoms with Crippen molar-refractivity contribution < 1.29 is 13.6 Å². The average Bonchev–Trinajstić information content (AvgIpc) is 2.59. The Bertz CT molecular complexity index is 871. The molecule has 1 N–H and O–H groups in total. The molecule has 130 valence electrons. The minimum Gasteiger partial charge on any atom is -0.343 e. The van der Waals surface area contributed by atoms with Crippen LogP contribution in [0.4, 0.5) is 20.4 Å². The average molecular weight is 347 g/mol. The third kappa shape index (κ3) is 3.52. The molecule has 0 bridgehead atoms. The molecule has 3 rings (SSSR count). The van der Waals surface area contributed by atoms with Crippen LogP contribution in [0.2, 0.25) is 0 Å². The standard InChI is InChI=1S/C15H15F2N7O/c1-10(14(25)21-11-5-6-19-9-20-11)24-12(18-2)3-4-13(22-24)23-7-15(16,17)8-23/h3-6,9H,1,7-8H2,2H3,(H,19,20,21,25)/b18-12-. The van der Waals surface area contributed by atoms with Crippen LogP contribution in [0.1, 0.15) is 0 Å². The zero-order chi connectivity index (χ0) is 18.0. The minimum atomic E-state index is -2.72. The van der Waals surface area contributed by atoms with Crippen molar-refractivity contribution in [3.8, 4) is 0 Å². The summed E-state index contributed by atoms with van der Waals surface area (Å²) < 4.78 is 27.3. The maximum absolute atomic E-state index is 13.1. The molecular formula is C15H15F2N7O. The van der Waals surface area contributed by atoms with E-state index in [1.807, 2.05) is 0 Å². The van der Waals surface area contributed by atoms with Crippen LogP contribution in [0.25, 0.3) is 5.70 Å². The fraction of sp³-hybridized carbons (Fsp3) is 0.267. The fourth-order valence-electron chi connectivity index (χ4n) is 2.27. The van der Waals surface area contributed by atoms with Crippen LogP contribution in [0, 0.1) is 0 Å². The number of halogens is 2. The van der Waals surface area contributed by atoms with E-state index in [1.165, 1.54) is 35.2 Å². The molecule has 0 atom stereocenters. The lowest BCUT2D eigenvalue weighted by Crippen LogP contribution is -2.57. The van der Waals surface area contributed by atoms with E-state index in [4.69, 9.17) is 0 Å². The van der Waals surface area contributed by atoms with Crippen molar-refractivity contribution in [2.24, 2.45) is 4.99 Å². The molecule has 0 saturated carbocycles. The van der Waals surface area contributed by atoms with Gasteiger partial charge in [-0.1, -0.05) is 6.58 Å². The van der Waals surface area contributed by atoms with Gasteiger partial charge in [0.15, 0.2) is 0 Å². The number of rotatable bonds is 4. The third-order valence-electron chi connectivity index (χ3n) is 3.54. The van der Waals surface area contributed by atoms with Gasteiger partial charge in [0.1, 0.15) is 29.1 Å². The monoisotopic (exact) mass is 347 g/mol. The second kappa shape index (κ2) is 6.38. The lowest BCUT2D eigenvalue weighted by atomic mass is 10.1. The smallest absolute Gasteiger partial charge is 0.282 e. The van der Waals surface area contributed by atoms with Gasteiger partial charge in [0.2, 0.25) is 0 Å². The lowest BCUT2D eigenvalue weighted by molar-refractivity contribution is -0.111. The van der Waals surface area contributed by atoms with Crippen LogP contribution in [-0.2, 0) is 4.79 Å². The van der Waals surface area contributed by atoms with Crippen molar-refractivity contribution in [1.82, 2.24) is 19.7 Å². The molecule has 0 aliphatic carbocycles. The van der Waals surface area contributed by atoms with Crippen LogP contribution in [0.15, 0.2) is 42.3 Å². The molecule has 1 aliphatic heterocycles. The predicted molar refractivity (Wildman–Crippen MR) is 86.9 cm³/mol. The number of nitrogens with zero attached hydrogens (tertiary/aromatic N) is 6. The van der Waals surface area contributed by atoms with E-state index in [0.717, 1.165) is 0 Å². The van der Waals surface area contributed by atoms with Gasteiger partial charge >= 0.3 is 0 Å². The highest BCUT2D eigenvalue weighted by Crippen LogP contribution is 2.30. The molecule has 0 radical (unpaired) electrons. The van der Waals surface area contributed by atoms with Gasteiger partial charge in [0.25, 0.3) is 11.8 Å². The topological polar surface area (TPSA) is 88.3 Å². The Balaban J connectivity index is 1.84. The maximum Gasteiger partial charge on any atom is 0.282 e. The van der Waals surface area contributed by atoms with Gasteiger partial charge in [-0.25, -0.2) is 23.4 Å². The molecular weight excluding hydrogens is 332 g/mol. The number of hydrogen-bond donors (Lipinski definition) is 1. The summed E-state index contributed by atoms with van der Waals surface area (Å²) in [5.74, 6) is -2.65. The van der Waals surface area contributed by atoms with Crippen molar-refractivity contribution in [1.29, 1.82) is 0 Å². The number of aromatic nitrogens is 4. The van der Waals surface area contributed by atoms with Gasteiger partial charge in [0.05, 0.1) is 13.1 Å². The molecule has 1 fully saturated rings. The van der Waals surface area contributed by atoms with E-state index in [9.17, 15) is 13.6 Å². The van der Waals surface area contributed by atoms with Gasteiger partial charge < -0.3 is 10.2 Å². The Kier molecular flexibility index (Phi) is 4.26. The summed E-state index contributed by atoms with van der Waals surface area (Å²) in [6.45, 7) is 2.89. The van der Waals surface area contributed by atoms with E-state index >= 15 is 0 Å².